The highest BCUT2D eigenvalue weighted by atomic mass is 32.1. The summed E-state index contributed by atoms with van der Waals surface area (Å²) in [6, 6.07) is 13.7. The normalized spacial score (nSPS) is 21.1. The minimum atomic E-state index is 0.481. The van der Waals surface area contributed by atoms with Gasteiger partial charge < -0.3 is 10.2 Å². The van der Waals surface area contributed by atoms with Crippen molar-refractivity contribution in [2.45, 2.75) is 45.2 Å². The lowest BCUT2D eigenvalue weighted by atomic mass is 9.78. The third kappa shape index (κ3) is 3.23. The number of rotatable bonds is 5. The highest BCUT2D eigenvalue weighted by Gasteiger charge is 2.48. The van der Waals surface area contributed by atoms with Crippen molar-refractivity contribution in [1.82, 2.24) is 15.3 Å². The van der Waals surface area contributed by atoms with Crippen LogP contribution in [0.25, 0.3) is 10.2 Å². The van der Waals surface area contributed by atoms with Crippen molar-refractivity contribution in [3.63, 3.8) is 0 Å². The molecule has 1 aliphatic heterocycles. The molecule has 3 aromatic rings. The predicted octanol–water partition coefficient (Wildman–Crippen LogP) is 4.40. The topological polar surface area (TPSA) is 41.0 Å². The second-order valence-electron chi connectivity index (χ2n) is 8.14. The number of aryl methyl sites for hydroxylation is 1. The van der Waals surface area contributed by atoms with Gasteiger partial charge in [-0.1, -0.05) is 37.3 Å². The Kier molecular flexibility index (Phi) is 4.37. The average Bonchev–Trinajstić information content (AvgIpc) is 3.30. The number of thiophene rings is 1. The van der Waals surface area contributed by atoms with Crippen LogP contribution in [0.1, 0.15) is 36.6 Å². The Bertz CT molecular complexity index is 930. The molecule has 1 N–H and O–H groups in total. The summed E-state index contributed by atoms with van der Waals surface area (Å²) < 4.78 is 0. The highest BCUT2D eigenvalue weighted by Crippen LogP contribution is 2.48. The van der Waals surface area contributed by atoms with Crippen molar-refractivity contribution >= 4 is 27.4 Å². The molecule has 1 saturated heterocycles. The van der Waals surface area contributed by atoms with Gasteiger partial charge in [0, 0.05) is 36.0 Å². The lowest BCUT2D eigenvalue weighted by Crippen LogP contribution is -2.56. The second-order valence-corrected chi connectivity index (χ2v) is 9.26. The number of hydrogen-bond acceptors (Lipinski definition) is 5. The number of aromatic nitrogens is 2. The first-order valence-electron chi connectivity index (χ1n) is 10.0. The first kappa shape index (κ1) is 17.1. The largest absolute Gasteiger partial charge is 0.355 e. The van der Waals surface area contributed by atoms with E-state index in [-0.39, 0.29) is 0 Å². The van der Waals surface area contributed by atoms with Crippen molar-refractivity contribution < 1.29 is 0 Å². The van der Waals surface area contributed by atoms with E-state index in [1.807, 2.05) is 0 Å². The monoisotopic (exact) mass is 378 g/mol. The maximum atomic E-state index is 4.63. The van der Waals surface area contributed by atoms with E-state index in [0.717, 1.165) is 36.7 Å². The van der Waals surface area contributed by atoms with Crippen molar-refractivity contribution in [3.05, 3.63) is 53.2 Å². The molecule has 1 saturated carbocycles. The van der Waals surface area contributed by atoms with Crippen LogP contribution in [-0.2, 0) is 13.0 Å². The molecule has 3 heterocycles. The van der Waals surface area contributed by atoms with Gasteiger partial charge in [-0.25, -0.2) is 9.97 Å². The zero-order chi connectivity index (χ0) is 18.3. The number of benzene rings is 1. The summed E-state index contributed by atoms with van der Waals surface area (Å²) in [4.78, 5) is 14.1. The molecular formula is C22H26N4S. The van der Waals surface area contributed by atoms with Crippen LogP contribution in [0.4, 0.5) is 5.82 Å². The summed E-state index contributed by atoms with van der Waals surface area (Å²) in [7, 11) is 0. The Balaban J connectivity index is 1.22. The fourth-order valence-corrected chi connectivity index (χ4v) is 5.69. The van der Waals surface area contributed by atoms with Crippen molar-refractivity contribution in [3.8, 4) is 0 Å². The molecule has 0 amide bonds. The Morgan fingerprint density at radius 1 is 1.22 bits per heavy atom. The van der Waals surface area contributed by atoms with Gasteiger partial charge in [-0.3, -0.25) is 0 Å². The molecule has 140 valence electrons. The Labute approximate surface area is 164 Å². The third-order valence-electron chi connectivity index (χ3n) is 6.20. The summed E-state index contributed by atoms with van der Waals surface area (Å²) in [6.45, 7) is 5.46. The predicted molar refractivity (Wildman–Crippen MR) is 112 cm³/mol. The number of fused-ring (bicyclic) bond motifs is 1. The zero-order valence-electron chi connectivity index (χ0n) is 15.8. The number of nitrogens with zero attached hydrogens (tertiary/aromatic N) is 3. The molecule has 1 aromatic carbocycles. The molecule has 2 aromatic heterocycles. The standard InChI is InChI=1S/C22H26N4S/c1-2-18-10-19-20(24-15-25-21(19)27-18)26-13-22(14-26)9-8-17(11-22)23-12-16-6-4-3-5-7-16/h3-7,10,15,17,23H,2,8-9,11-14H2,1H3/t17-/m1/s1. The zero-order valence-corrected chi connectivity index (χ0v) is 16.6. The van der Waals surface area contributed by atoms with Gasteiger partial charge in [0.25, 0.3) is 0 Å². The fraction of sp³-hybridized carbons (Fsp3) is 0.455. The summed E-state index contributed by atoms with van der Waals surface area (Å²) in [5.41, 5.74) is 1.86. The molecule has 0 bridgehead atoms. The third-order valence-corrected chi connectivity index (χ3v) is 7.39. The van der Waals surface area contributed by atoms with Crippen LogP contribution >= 0.6 is 11.3 Å². The van der Waals surface area contributed by atoms with Crippen LogP contribution in [0.3, 0.4) is 0 Å². The van der Waals surface area contributed by atoms with Crippen molar-refractivity contribution in [2.24, 2.45) is 5.41 Å². The van der Waals surface area contributed by atoms with Gasteiger partial charge in [0.15, 0.2) is 0 Å². The maximum Gasteiger partial charge on any atom is 0.140 e. The molecule has 2 fully saturated rings. The van der Waals surface area contributed by atoms with Gasteiger partial charge >= 0.3 is 0 Å². The number of nitrogens with one attached hydrogen (secondary N) is 1. The van der Waals surface area contributed by atoms with Crippen LogP contribution in [0, 0.1) is 5.41 Å². The summed E-state index contributed by atoms with van der Waals surface area (Å²) in [6.07, 6.45) is 6.71. The van der Waals surface area contributed by atoms with Gasteiger partial charge in [-0.2, -0.15) is 0 Å². The van der Waals surface area contributed by atoms with Crippen molar-refractivity contribution in [1.29, 1.82) is 0 Å². The molecule has 5 heteroatoms. The van der Waals surface area contributed by atoms with Crippen LogP contribution in [0.15, 0.2) is 42.7 Å². The molecule has 2 aliphatic rings. The second kappa shape index (κ2) is 6.88. The Morgan fingerprint density at radius 3 is 2.89 bits per heavy atom. The summed E-state index contributed by atoms with van der Waals surface area (Å²) in [5, 5.41) is 5.02. The van der Waals surface area contributed by atoms with Gasteiger partial charge in [0.2, 0.25) is 0 Å². The van der Waals surface area contributed by atoms with Crippen molar-refractivity contribution in [2.75, 3.05) is 18.0 Å². The first-order valence-corrected chi connectivity index (χ1v) is 10.8. The van der Waals surface area contributed by atoms with E-state index in [1.54, 1.807) is 17.7 Å². The van der Waals surface area contributed by atoms with Crippen LogP contribution in [-0.4, -0.2) is 29.1 Å². The molecule has 0 radical (unpaired) electrons. The average molecular weight is 379 g/mol. The summed E-state index contributed by atoms with van der Waals surface area (Å²) in [5.74, 6) is 1.14. The van der Waals surface area contributed by atoms with Crippen LogP contribution in [0.2, 0.25) is 0 Å². The van der Waals surface area contributed by atoms with Crippen LogP contribution < -0.4 is 10.2 Å². The van der Waals surface area contributed by atoms with Gasteiger partial charge in [-0.05, 0) is 37.3 Å². The smallest absolute Gasteiger partial charge is 0.140 e. The molecular weight excluding hydrogens is 352 g/mol. The quantitative estimate of drug-likeness (QED) is 0.714. The van der Waals surface area contributed by atoms with E-state index in [9.17, 15) is 0 Å². The van der Waals surface area contributed by atoms with E-state index in [0.29, 0.717) is 11.5 Å². The van der Waals surface area contributed by atoms with Gasteiger partial charge in [-0.15, -0.1) is 11.3 Å². The number of hydrogen-bond donors (Lipinski definition) is 1. The highest BCUT2D eigenvalue weighted by molar-refractivity contribution is 7.18. The van der Waals surface area contributed by atoms with E-state index in [2.05, 4.69) is 63.5 Å². The van der Waals surface area contributed by atoms with E-state index in [4.69, 9.17) is 0 Å². The first-order chi connectivity index (χ1) is 13.2. The lowest BCUT2D eigenvalue weighted by molar-refractivity contribution is 0.214. The van der Waals surface area contributed by atoms with E-state index >= 15 is 0 Å². The Hall–Kier alpha value is -1.98. The van der Waals surface area contributed by atoms with E-state index < -0.39 is 0 Å². The molecule has 1 atom stereocenters. The molecule has 27 heavy (non-hydrogen) atoms. The van der Waals surface area contributed by atoms with Gasteiger partial charge in [0.1, 0.15) is 17.0 Å². The molecule has 4 nitrogen and oxygen atoms in total. The molecule has 1 spiro atoms. The van der Waals surface area contributed by atoms with E-state index in [1.165, 1.54) is 35.1 Å². The van der Waals surface area contributed by atoms with Gasteiger partial charge in [0.05, 0.1) is 5.39 Å². The number of anilines is 1. The molecule has 0 unspecified atom stereocenters. The van der Waals surface area contributed by atoms with Crippen LogP contribution in [0.5, 0.6) is 0 Å². The minimum absolute atomic E-state index is 0.481. The SMILES string of the molecule is CCc1cc2c(N3CC4(CC[C@@H](NCc5ccccc5)C4)C3)ncnc2s1. The molecule has 5 rings (SSSR count). The fourth-order valence-electron chi connectivity index (χ4n) is 4.76. The maximum absolute atomic E-state index is 4.63. The lowest BCUT2D eigenvalue weighted by Gasteiger charge is -2.49. The minimum Gasteiger partial charge on any atom is -0.355 e. The summed E-state index contributed by atoms with van der Waals surface area (Å²) >= 11 is 1.80. The molecule has 1 aliphatic carbocycles. The Morgan fingerprint density at radius 2 is 2.07 bits per heavy atom.